The molecule has 0 N–H and O–H groups in total. The Kier molecular flexibility index (Phi) is 12.5. The first-order valence-corrected chi connectivity index (χ1v) is 28.7. The maximum atomic E-state index is 2.55. The first kappa shape index (κ1) is 49.4. The molecule has 0 aliphatic carbocycles. The third kappa shape index (κ3) is 8.63. The molecule has 13 aromatic carbocycles. The summed E-state index contributed by atoms with van der Waals surface area (Å²) in [5, 5.41) is 0. The van der Waals surface area contributed by atoms with Crippen molar-refractivity contribution in [1.82, 2.24) is 0 Å². The fraction of sp³-hybridized carbons (Fsp3) is 0.0127. The van der Waals surface area contributed by atoms with Crippen LogP contribution < -0.4 is 31.1 Å². The highest BCUT2D eigenvalue weighted by molar-refractivity contribution is 7.00. The monoisotopic (exact) mass is 1060 g/mol. The summed E-state index contributed by atoms with van der Waals surface area (Å²) in [7, 11) is 0. The number of fused-ring (bicyclic) bond motifs is 4. The van der Waals surface area contributed by atoms with Crippen LogP contribution in [0.3, 0.4) is 0 Å². The van der Waals surface area contributed by atoms with Crippen LogP contribution >= 0.6 is 0 Å². The molecule has 0 amide bonds. The Labute approximate surface area is 487 Å². The fourth-order valence-electron chi connectivity index (χ4n) is 13.3. The number of anilines is 9. The van der Waals surface area contributed by atoms with E-state index < -0.39 is 5.41 Å². The second kappa shape index (κ2) is 21.1. The lowest BCUT2D eigenvalue weighted by atomic mass is 9.33. The maximum absolute atomic E-state index is 2.55. The number of nitrogens with zero attached hydrogens (tertiary/aromatic N) is 3. The van der Waals surface area contributed by atoms with Crippen molar-refractivity contribution in [2.75, 3.05) is 14.7 Å². The number of hydrogen-bond donors (Lipinski definition) is 0. The molecular weight excluding hydrogens is 1000 g/mol. The number of rotatable bonds is 12. The molecule has 0 saturated heterocycles. The van der Waals surface area contributed by atoms with Crippen LogP contribution in [0.1, 0.15) is 22.3 Å². The van der Waals surface area contributed by atoms with Gasteiger partial charge < -0.3 is 14.7 Å². The third-order valence-corrected chi connectivity index (χ3v) is 17.0. The largest absolute Gasteiger partial charge is 0.311 e. The van der Waals surface area contributed by atoms with Gasteiger partial charge in [-0.05, 0) is 145 Å². The van der Waals surface area contributed by atoms with Crippen LogP contribution in [0, 0.1) is 0 Å². The Morgan fingerprint density at radius 3 is 0.928 bits per heavy atom. The summed E-state index contributed by atoms with van der Waals surface area (Å²) in [6.07, 6.45) is 0. The zero-order chi connectivity index (χ0) is 55.1. The van der Waals surface area contributed by atoms with Crippen molar-refractivity contribution in [3.63, 3.8) is 0 Å². The van der Waals surface area contributed by atoms with Gasteiger partial charge in [0.2, 0.25) is 0 Å². The molecule has 4 heteroatoms. The summed E-state index contributed by atoms with van der Waals surface area (Å²) >= 11 is 0. The molecule has 0 bridgehead atoms. The first-order valence-electron chi connectivity index (χ1n) is 28.7. The van der Waals surface area contributed by atoms with E-state index in [0.717, 1.165) is 51.2 Å². The van der Waals surface area contributed by atoms with E-state index in [1.807, 2.05) is 0 Å². The highest BCUT2D eigenvalue weighted by Gasteiger charge is 2.45. The van der Waals surface area contributed by atoms with Crippen molar-refractivity contribution < 1.29 is 0 Å². The van der Waals surface area contributed by atoms with E-state index in [1.165, 1.54) is 72.0 Å². The second-order valence-corrected chi connectivity index (χ2v) is 21.6. The Morgan fingerprint density at radius 2 is 0.542 bits per heavy atom. The van der Waals surface area contributed by atoms with E-state index in [4.69, 9.17) is 0 Å². The lowest BCUT2D eigenvalue weighted by Crippen LogP contribution is -2.61. The van der Waals surface area contributed by atoms with Crippen molar-refractivity contribution in [3.05, 3.63) is 362 Å². The molecule has 0 radical (unpaired) electrons. The van der Waals surface area contributed by atoms with Gasteiger partial charge in [-0.2, -0.15) is 0 Å². The summed E-state index contributed by atoms with van der Waals surface area (Å²) in [6, 6.07) is 125. The maximum Gasteiger partial charge on any atom is 0.252 e. The Morgan fingerprint density at radius 1 is 0.241 bits per heavy atom. The summed E-state index contributed by atoms with van der Waals surface area (Å²) in [4.78, 5) is 7.51. The number of benzene rings is 13. The predicted octanol–water partition coefficient (Wildman–Crippen LogP) is 18.6. The highest BCUT2D eigenvalue weighted by atomic mass is 15.2. The summed E-state index contributed by atoms with van der Waals surface area (Å²) in [5.74, 6) is 0. The van der Waals surface area contributed by atoms with Gasteiger partial charge in [0.25, 0.3) is 6.71 Å². The standard InChI is InChI=1S/C79H56BN3/c1-9-25-57(26-10-1)60-41-47-69(48-42-60)82-74-51-43-61(58-27-11-2-12-28-58)53-72(74)80-73-54-62(59-29-13-3-14-30-59)44-52-75(73)83(77-56-71(55-76(82)78(77)80)81(67-37-21-7-22-38-67)68-39-23-8-24-40-68)70-49-45-66(46-50-70)79(63-31-15-4-16-32-63,64-33-17-5-18-34-64)65-35-19-6-20-36-65/h1-56H. The lowest BCUT2D eigenvalue weighted by Gasteiger charge is -2.45. The minimum Gasteiger partial charge on any atom is -0.311 e. The zero-order valence-corrected chi connectivity index (χ0v) is 45.8. The Balaban J connectivity index is 1.03. The number of hydrogen-bond acceptors (Lipinski definition) is 3. The molecule has 2 heterocycles. The molecule has 2 aliphatic heterocycles. The van der Waals surface area contributed by atoms with Crippen molar-refractivity contribution in [2.24, 2.45) is 0 Å². The predicted molar refractivity (Wildman–Crippen MR) is 350 cm³/mol. The smallest absolute Gasteiger partial charge is 0.252 e. The second-order valence-electron chi connectivity index (χ2n) is 21.6. The van der Waals surface area contributed by atoms with Crippen molar-refractivity contribution >= 4 is 74.3 Å². The van der Waals surface area contributed by atoms with Gasteiger partial charge in [-0.3, -0.25) is 0 Å². The molecule has 390 valence electrons. The topological polar surface area (TPSA) is 9.72 Å². The van der Waals surface area contributed by atoms with Crippen LogP contribution in [0.5, 0.6) is 0 Å². The lowest BCUT2D eigenvalue weighted by molar-refractivity contribution is 0.745. The van der Waals surface area contributed by atoms with Crippen LogP contribution in [0.2, 0.25) is 0 Å². The average molecular weight is 1060 g/mol. The van der Waals surface area contributed by atoms with Crippen LogP contribution in [-0.4, -0.2) is 6.71 Å². The molecule has 3 nitrogen and oxygen atoms in total. The van der Waals surface area contributed by atoms with Gasteiger partial charge in [0.05, 0.1) is 11.1 Å². The summed E-state index contributed by atoms with van der Waals surface area (Å²) in [6.45, 7) is -0.148. The van der Waals surface area contributed by atoms with Gasteiger partial charge in [0, 0.05) is 45.5 Å². The molecule has 0 fully saturated rings. The first-order chi connectivity index (χ1) is 41.2. The average Bonchev–Trinajstić information content (AvgIpc) is 3.24. The van der Waals surface area contributed by atoms with Gasteiger partial charge >= 0.3 is 0 Å². The molecule has 15 rings (SSSR count). The van der Waals surface area contributed by atoms with Crippen LogP contribution in [0.25, 0.3) is 33.4 Å². The van der Waals surface area contributed by atoms with Gasteiger partial charge in [-0.15, -0.1) is 0 Å². The fourth-order valence-corrected chi connectivity index (χ4v) is 13.3. The highest BCUT2D eigenvalue weighted by Crippen LogP contribution is 2.51. The number of para-hydroxylation sites is 2. The molecule has 0 saturated carbocycles. The molecule has 0 atom stereocenters. The minimum atomic E-state index is -0.612. The third-order valence-electron chi connectivity index (χ3n) is 17.0. The van der Waals surface area contributed by atoms with Crippen molar-refractivity contribution in [1.29, 1.82) is 0 Å². The van der Waals surface area contributed by atoms with Gasteiger partial charge in [0.1, 0.15) is 0 Å². The molecular formula is C79H56BN3. The van der Waals surface area contributed by atoms with Gasteiger partial charge in [0.15, 0.2) is 0 Å². The van der Waals surface area contributed by atoms with E-state index in [-0.39, 0.29) is 6.71 Å². The Bertz CT molecular complexity index is 4260. The summed E-state index contributed by atoms with van der Waals surface area (Å²) in [5.41, 5.74) is 24.9. The van der Waals surface area contributed by atoms with Gasteiger partial charge in [-0.25, -0.2) is 0 Å². The molecule has 0 spiro atoms. The minimum absolute atomic E-state index is 0.148. The quantitative estimate of drug-likeness (QED) is 0.0892. The van der Waals surface area contributed by atoms with Crippen LogP contribution in [0.4, 0.5) is 51.2 Å². The van der Waals surface area contributed by atoms with Crippen LogP contribution in [-0.2, 0) is 5.41 Å². The van der Waals surface area contributed by atoms with E-state index in [9.17, 15) is 0 Å². The van der Waals surface area contributed by atoms with E-state index in [2.05, 4.69) is 354 Å². The normalized spacial score (nSPS) is 12.3. The molecule has 83 heavy (non-hydrogen) atoms. The Hall–Kier alpha value is -10.7. The van der Waals surface area contributed by atoms with Gasteiger partial charge in [-0.1, -0.05) is 267 Å². The van der Waals surface area contributed by atoms with Crippen molar-refractivity contribution in [2.45, 2.75) is 5.41 Å². The molecule has 0 aromatic heterocycles. The molecule has 2 aliphatic rings. The zero-order valence-electron chi connectivity index (χ0n) is 45.8. The SMILES string of the molecule is c1ccc(-c2ccc(N3c4ccc(-c5ccccc5)cc4B4c5cc(-c6ccccc6)ccc5N(c5ccc(C(c6ccccc6)(c6ccccc6)c6ccccc6)cc5)c5cc(N(c6ccccc6)c6ccccc6)cc3c54)cc2)cc1. The van der Waals surface area contributed by atoms with E-state index in [1.54, 1.807) is 0 Å². The van der Waals surface area contributed by atoms with E-state index >= 15 is 0 Å². The molecule has 13 aromatic rings. The van der Waals surface area contributed by atoms with E-state index in [0.29, 0.717) is 0 Å². The van der Waals surface area contributed by atoms with Crippen molar-refractivity contribution in [3.8, 4) is 33.4 Å². The molecule has 0 unspecified atom stereocenters. The summed E-state index contributed by atoms with van der Waals surface area (Å²) < 4.78 is 0. The van der Waals surface area contributed by atoms with Crippen LogP contribution in [0.15, 0.2) is 340 Å².